The Balaban J connectivity index is 2.36. The molecule has 1 N–H and O–H groups in total. The number of halogens is 3. The van der Waals surface area contributed by atoms with Crippen LogP contribution in [0.25, 0.3) is 10.8 Å². The summed E-state index contributed by atoms with van der Waals surface area (Å²) in [6.45, 7) is 2.17. The maximum Gasteiger partial charge on any atom is 0.437 e. The van der Waals surface area contributed by atoms with Crippen LogP contribution in [0, 0.1) is 23.2 Å². The zero-order valence-electron chi connectivity index (χ0n) is 16.9. The molecule has 1 aliphatic rings. The minimum Gasteiger partial charge on any atom is -0.466 e. The van der Waals surface area contributed by atoms with E-state index in [9.17, 15) is 28.0 Å². The second-order valence-electron chi connectivity index (χ2n) is 7.09. The van der Waals surface area contributed by atoms with Crippen molar-refractivity contribution in [3.63, 3.8) is 0 Å². The second kappa shape index (κ2) is 8.55. The van der Waals surface area contributed by atoms with Crippen molar-refractivity contribution in [1.82, 2.24) is 5.32 Å². The standard InChI is InChI=1S/C22H21F3N2O4/c1-3-30-20(29)18-17(15-11-7-9-13-8-5-6-10-14(13)15)16(12-26)19(28)27-21(18,31-4-2)22(23,24)25/h5-11,16-18H,3-4H2,1-2H3,(H,27,28). The van der Waals surface area contributed by atoms with Gasteiger partial charge in [-0.15, -0.1) is 0 Å². The van der Waals surface area contributed by atoms with Crippen molar-refractivity contribution in [2.45, 2.75) is 31.7 Å². The third-order valence-electron chi connectivity index (χ3n) is 5.40. The number of carbonyl (C=O) groups is 2. The number of amides is 1. The Morgan fingerprint density at radius 2 is 1.84 bits per heavy atom. The van der Waals surface area contributed by atoms with Gasteiger partial charge in [0.25, 0.3) is 5.72 Å². The number of hydrogen-bond acceptors (Lipinski definition) is 5. The van der Waals surface area contributed by atoms with Crippen molar-refractivity contribution in [1.29, 1.82) is 5.26 Å². The monoisotopic (exact) mass is 434 g/mol. The molecule has 1 heterocycles. The average molecular weight is 434 g/mol. The molecule has 1 saturated heterocycles. The van der Waals surface area contributed by atoms with Crippen molar-refractivity contribution in [2.24, 2.45) is 11.8 Å². The fraction of sp³-hybridized carbons (Fsp3) is 0.409. The highest BCUT2D eigenvalue weighted by Crippen LogP contribution is 2.51. The smallest absolute Gasteiger partial charge is 0.437 e. The number of alkyl halides is 3. The molecule has 0 aliphatic carbocycles. The minimum absolute atomic E-state index is 0.178. The molecule has 4 atom stereocenters. The Morgan fingerprint density at radius 3 is 2.45 bits per heavy atom. The molecule has 0 spiro atoms. The third-order valence-corrected chi connectivity index (χ3v) is 5.40. The van der Waals surface area contributed by atoms with Gasteiger partial charge in [-0.2, -0.15) is 18.4 Å². The maximum atomic E-state index is 14.4. The predicted octanol–water partition coefficient (Wildman–Crippen LogP) is 3.67. The van der Waals surface area contributed by atoms with Gasteiger partial charge in [0, 0.05) is 12.5 Å². The van der Waals surface area contributed by atoms with E-state index in [4.69, 9.17) is 9.47 Å². The number of rotatable bonds is 5. The summed E-state index contributed by atoms with van der Waals surface area (Å²) in [7, 11) is 0. The molecular weight excluding hydrogens is 413 g/mol. The Hall–Kier alpha value is -3.12. The molecule has 0 saturated carbocycles. The van der Waals surface area contributed by atoms with E-state index in [-0.39, 0.29) is 12.2 Å². The number of esters is 1. The molecule has 4 unspecified atom stereocenters. The van der Waals surface area contributed by atoms with Crippen LogP contribution in [0.4, 0.5) is 13.2 Å². The third kappa shape index (κ3) is 3.72. The van der Waals surface area contributed by atoms with E-state index >= 15 is 0 Å². The molecule has 31 heavy (non-hydrogen) atoms. The molecule has 1 fully saturated rings. The van der Waals surface area contributed by atoms with Crippen LogP contribution in [0.1, 0.15) is 25.3 Å². The van der Waals surface area contributed by atoms with Crippen molar-refractivity contribution in [3.8, 4) is 6.07 Å². The second-order valence-corrected chi connectivity index (χ2v) is 7.09. The van der Waals surface area contributed by atoms with E-state index in [0.717, 1.165) is 0 Å². The van der Waals surface area contributed by atoms with Crippen LogP contribution in [0.15, 0.2) is 42.5 Å². The van der Waals surface area contributed by atoms with Gasteiger partial charge in [0.1, 0.15) is 11.8 Å². The lowest BCUT2D eigenvalue weighted by Crippen LogP contribution is -2.72. The lowest BCUT2D eigenvalue weighted by atomic mass is 9.68. The highest BCUT2D eigenvalue weighted by atomic mass is 19.4. The van der Waals surface area contributed by atoms with Crippen LogP contribution >= 0.6 is 0 Å². The molecule has 1 aliphatic heterocycles. The van der Waals surface area contributed by atoms with Gasteiger partial charge < -0.3 is 14.8 Å². The Bertz CT molecular complexity index is 1030. The van der Waals surface area contributed by atoms with Gasteiger partial charge in [0.15, 0.2) is 0 Å². The molecule has 0 aromatic heterocycles. The van der Waals surface area contributed by atoms with Crippen LogP contribution in [-0.4, -0.2) is 37.0 Å². The van der Waals surface area contributed by atoms with E-state index < -0.39 is 48.1 Å². The van der Waals surface area contributed by atoms with Gasteiger partial charge in [-0.05, 0) is 30.2 Å². The quantitative estimate of drug-likeness (QED) is 0.726. The molecular formula is C22H21F3N2O4. The van der Waals surface area contributed by atoms with Crippen LogP contribution in [0.5, 0.6) is 0 Å². The largest absolute Gasteiger partial charge is 0.466 e. The van der Waals surface area contributed by atoms with Crippen LogP contribution in [-0.2, 0) is 19.1 Å². The van der Waals surface area contributed by atoms with E-state index in [1.165, 1.54) is 19.9 Å². The predicted molar refractivity (Wildman–Crippen MR) is 104 cm³/mol. The number of fused-ring (bicyclic) bond motifs is 1. The SMILES string of the molecule is CCOC(=O)C1C(c2cccc3ccccc23)C(C#N)C(=O)NC1(OCC)C(F)(F)F. The summed E-state index contributed by atoms with van der Waals surface area (Å²) < 4.78 is 53.3. The summed E-state index contributed by atoms with van der Waals surface area (Å²) in [4.78, 5) is 25.7. The summed E-state index contributed by atoms with van der Waals surface area (Å²) >= 11 is 0. The fourth-order valence-electron chi connectivity index (χ4n) is 4.21. The topological polar surface area (TPSA) is 88.4 Å². The van der Waals surface area contributed by atoms with Gasteiger partial charge in [0.2, 0.25) is 5.91 Å². The summed E-state index contributed by atoms with van der Waals surface area (Å²) in [6.07, 6.45) is -5.15. The normalized spacial score (nSPS) is 26.2. The number of hydrogen-bond donors (Lipinski definition) is 1. The fourth-order valence-corrected chi connectivity index (χ4v) is 4.21. The Labute approximate surface area is 176 Å². The van der Waals surface area contributed by atoms with Crippen molar-refractivity contribution < 1.29 is 32.2 Å². The molecule has 1 amide bonds. The highest BCUT2D eigenvalue weighted by Gasteiger charge is 2.70. The first-order valence-electron chi connectivity index (χ1n) is 9.78. The molecule has 3 rings (SSSR count). The minimum atomic E-state index is -5.15. The summed E-state index contributed by atoms with van der Waals surface area (Å²) in [5.41, 5.74) is -3.06. The summed E-state index contributed by atoms with van der Waals surface area (Å²) in [5.74, 6) is -7.40. The lowest BCUT2D eigenvalue weighted by Gasteiger charge is -2.48. The van der Waals surface area contributed by atoms with Gasteiger partial charge in [-0.25, -0.2) is 0 Å². The van der Waals surface area contributed by atoms with Crippen molar-refractivity contribution in [2.75, 3.05) is 13.2 Å². The highest BCUT2D eigenvalue weighted by molar-refractivity contribution is 5.92. The molecule has 6 nitrogen and oxygen atoms in total. The van der Waals surface area contributed by atoms with Crippen LogP contribution in [0.3, 0.4) is 0 Å². The number of benzene rings is 2. The van der Waals surface area contributed by atoms with E-state index in [0.29, 0.717) is 10.8 Å². The van der Waals surface area contributed by atoms with Gasteiger partial charge in [-0.1, -0.05) is 42.5 Å². The zero-order chi connectivity index (χ0) is 22.8. The summed E-state index contributed by atoms with van der Waals surface area (Å²) in [5, 5.41) is 12.7. The molecule has 9 heteroatoms. The molecule has 164 valence electrons. The average Bonchev–Trinajstić information content (AvgIpc) is 2.72. The number of nitrogens with zero attached hydrogens (tertiary/aromatic N) is 1. The first kappa shape index (κ1) is 22.6. The number of carbonyl (C=O) groups excluding carboxylic acids is 2. The number of piperidine rings is 1. The summed E-state index contributed by atoms with van der Waals surface area (Å²) in [6, 6.07) is 13.5. The van der Waals surface area contributed by atoms with E-state index in [1.807, 2.05) is 0 Å². The first-order valence-corrected chi connectivity index (χ1v) is 9.78. The zero-order valence-corrected chi connectivity index (χ0v) is 16.9. The van der Waals surface area contributed by atoms with Gasteiger partial charge >= 0.3 is 12.1 Å². The van der Waals surface area contributed by atoms with Gasteiger partial charge in [0.05, 0.1) is 12.7 Å². The Morgan fingerprint density at radius 1 is 1.16 bits per heavy atom. The Kier molecular flexibility index (Phi) is 6.23. The van der Waals surface area contributed by atoms with Crippen LogP contribution in [0.2, 0.25) is 0 Å². The van der Waals surface area contributed by atoms with E-state index in [1.54, 1.807) is 47.8 Å². The van der Waals surface area contributed by atoms with Gasteiger partial charge in [-0.3, -0.25) is 9.59 Å². The van der Waals surface area contributed by atoms with Crippen molar-refractivity contribution >= 4 is 22.6 Å². The van der Waals surface area contributed by atoms with E-state index in [2.05, 4.69) is 0 Å². The molecule has 2 aromatic carbocycles. The first-order chi connectivity index (χ1) is 14.7. The van der Waals surface area contributed by atoms with Crippen LogP contribution < -0.4 is 5.32 Å². The van der Waals surface area contributed by atoms with Crippen molar-refractivity contribution in [3.05, 3.63) is 48.0 Å². The number of nitrogens with one attached hydrogen (secondary N) is 1. The maximum absolute atomic E-state index is 14.4. The molecule has 0 bridgehead atoms. The molecule has 2 aromatic rings. The number of nitriles is 1. The lowest BCUT2D eigenvalue weighted by molar-refractivity contribution is -0.313. The number of ether oxygens (including phenoxy) is 2. The molecule has 0 radical (unpaired) electrons.